The SMILES string of the molecule is C#CCNC(=O)CSc1nnc(N(C)C)s1. The van der Waals surface area contributed by atoms with Gasteiger partial charge in [-0.25, -0.2) is 0 Å². The molecule has 0 aliphatic carbocycles. The van der Waals surface area contributed by atoms with Gasteiger partial charge in [0.15, 0.2) is 4.34 Å². The summed E-state index contributed by atoms with van der Waals surface area (Å²) < 4.78 is 0.777. The van der Waals surface area contributed by atoms with Crippen molar-refractivity contribution in [2.24, 2.45) is 0 Å². The molecular weight excluding hydrogens is 244 g/mol. The number of hydrogen-bond donors (Lipinski definition) is 1. The fourth-order valence-corrected chi connectivity index (χ4v) is 2.36. The number of nitrogens with one attached hydrogen (secondary N) is 1. The third-order valence-corrected chi connectivity index (χ3v) is 3.72. The average molecular weight is 256 g/mol. The van der Waals surface area contributed by atoms with E-state index in [9.17, 15) is 4.79 Å². The van der Waals surface area contributed by atoms with Crippen LogP contribution >= 0.6 is 23.1 Å². The quantitative estimate of drug-likeness (QED) is 0.612. The molecule has 1 aromatic rings. The summed E-state index contributed by atoms with van der Waals surface area (Å²) in [5, 5.41) is 11.3. The van der Waals surface area contributed by atoms with Gasteiger partial charge in [-0.3, -0.25) is 4.79 Å². The summed E-state index contributed by atoms with van der Waals surface area (Å²) in [6.45, 7) is 0.262. The van der Waals surface area contributed by atoms with Crippen LogP contribution in [0.4, 0.5) is 5.13 Å². The molecule has 1 amide bonds. The van der Waals surface area contributed by atoms with E-state index in [0.717, 1.165) is 9.47 Å². The van der Waals surface area contributed by atoms with Crippen molar-refractivity contribution in [1.29, 1.82) is 0 Å². The molecule has 1 N–H and O–H groups in total. The molecule has 0 fully saturated rings. The standard InChI is InChI=1S/C9H12N4OS2/c1-4-5-10-7(14)6-15-9-12-11-8(16-9)13(2)3/h1H,5-6H2,2-3H3,(H,10,14). The number of aromatic nitrogens is 2. The minimum atomic E-state index is -0.0930. The molecule has 0 unspecified atom stereocenters. The van der Waals surface area contributed by atoms with Crippen molar-refractivity contribution >= 4 is 34.1 Å². The van der Waals surface area contributed by atoms with Crippen molar-refractivity contribution in [3.05, 3.63) is 0 Å². The second-order valence-corrected chi connectivity index (χ2v) is 5.19. The monoisotopic (exact) mass is 256 g/mol. The Morgan fingerprint density at radius 3 is 2.94 bits per heavy atom. The number of terminal acetylenes is 1. The lowest BCUT2D eigenvalue weighted by Crippen LogP contribution is -2.25. The Labute approximate surface area is 103 Å². The second kappa shape index (κ2) is 6.35. The Hall–Kier alpha value is -1.26. The summed E-state index contributed by atoms with van der Waals surface area (Å²) >= 11 is 2.81. The third kappa shape index (κ3) is 4.08. The Balaban J connectivity index is 2.37. The van der Waals surface area contributed by atoms with E-state index in [1.54, 1.807) is 0 Å². The maximum absolute atomic E-state index is 11.2. The molecule has 0 bridgehead atoms. The summed E-state index contributed by atoms with van der Waals surface area (Å²) in [4.78, 5) is 13.1. The molecule has 5 nitrogen and oxygen atoms in total. The highest BCUT2D eigenvalue weighted by Gasteiger charge is 2.08. The van der Waals surface area contributed by atoms with Crippen LogP contribution in [0, 0.1) is 12.3 Å². The first kappa shape index (κ1) is 12.8. The van der Waals surface area contributed by atoms with E-state index in [1.165, 1.54) is 23.1 Å². The number of carbonyl (C=O) groups excluding carboxylic acids is 1. The van der Waals surface area contributed by atoms with E-state index in [1.807, 2.05) is 19.0 Å². The van der Waals surface area contributed by atoms with Crippen molar-refractivity contribution in [2.75, 3.05) is 31.3 Å². The first-order valence-corrected chi connectivity index (χ1v) is 6.27. The van der Waals surface area contributed by atoms with Crippen LogP contribution in [0.3, 0.4) is 0 Å². The summed E-state index contributed by atoms with van der Waals surface area (Å²) in [5.41, 5.74) is 0. The van der Waals surface area contributed by atoms with Crippen LogP contribution < -0.4 is 10.2 Å². The molecule has 1 heterocycles. The van der Waals surface area contributed by atoms with Crippen LogP contribution in [0.5, 0.6) is 0 Å². The van der Waals surface area contributed by atoms with E-state index in [-0.39, 0.29) is 12.5 Å². The van der Waals surface area contributed by atoms with E-state index in [2.05, 4.69) is 21.4 Å². The van der Waals surface area contributed by atoms with Crippen molar-refractivity contribution in [3.63, 3.8) is 0 Å². The molecule has 0 radical (unpaired) electrons. The lowest BCUT2D eigenvalue weighted by molar-refractivity contribution is -0.118. The lowest BCUT2D eigenvalue weighted by Gasteiger charge is -2.03. The number of thioether (sulfide) groups is 1. The van der Waals surface area contributed by atoms with E-state index >= 15 is 0 Å². The summed E-state index contributed by atoms with van der Waals surface area (Å²) in [7, 11) is 3.79. The predicted molar refractivity (Wildman–Crippen MR) is 66.8 cm³/mol. The number of anilines is 1. The van der Waals surface area contributed by atoms with Gasteiger partial charge in [-0.2, -0.15) is 0 Å². The molecule has 0 aromatic carbocycles. The third-order valence-electron chi connectivity index (χ3n) is 1.49. The number of hydrogen-bond acceptors (Lipinski definition) is 6. The molecule has 0 saturated heterocycles. The molecule has 0 spiro atoms. The molecule has 0 saturated carbocycles. The van der Waals surface area contributed by atoms with Gasteiger partial charge in [0, 0.05) is 14.1 Å². The topological polar surface area (TPSA) is 58.1 Å². The molecule has 7 heteroatoms. The largest absolute Gasteiger partial charge is 0.353 e. The first-order chi connectivity index (χ1) is 7.63. The number of amides is 1. The van der Waals surface area contributed by atoms with Crippen LogP contribution in [-0.4, -0.2) is 42.5 Å². The van der Waals surface area contributed by atoms with Gasteiger partial charge in [-0.1, -0.05) is 29.0 Å². The van der Waals surface area contributed by atoms with E-state index < -0.39 is 0 Å². The smallest absolute Gasteiger partial charge is 0.231 e. The van der Waals surface area contributed by atoms with Gasteiger partial charge < -0.3 is 10.2 Å². The van der Waals surface area contributed by atoms with Crippen LogP contribution in [0.25, 0.3) is 0 Å². The minimum Gasteiger partial charge on any atom is -0.353 e. The first-order valence-electron chi connectivity index (χ1n) is 4.47. The molecule has 1 aromatic heterocycles. The van der Waals surface area contributed by atoms with Crippen LogP contribution in [-0.2, 0) is 4.79 Å². The average Bonchev–Trinajstić information content (AvgIpc) is 2.72. The zero-order valence-electron chi connectivity index (χ0n) is 9.06. The highest BCUT2D eigenvalue weighted by Crippen LogP contribution is 2.26. The number of nitrogens with zero attached hydrogens (tertiary/aromatic N) is 3. The molecule has 1 rings (SSSR count). The fraction of sp³-hybridized carbons (Fsp3) is 0.444. The molecule has 0 aliphatic heterocycles. The fourth-order valence-electron chi connectivity index (χ4n) is 0.770. The number of carbonyl (C=O) groups is 1. The normalized spacial score (nSPS) is 9.56. The van der Waals surface area contributed by atoms with Gasteiger partial charge in [0.2, 0.25) is 11.0 Å². The van der Waals surface area contributed by atoms with Crippen molar-refractivity contribution in [2.45, 2.75) is 4.34 Å². The zero-order chi connectivity index (χ0) is 12.0. The number of rotatable bonds is 5. The molecule has 0 atom stereocenters. The Kier molecular flexibility index (Phi) is 5.08. The maximum Gasteiger partial charge on any atom is 0.231 e. The van der Waals surface area contributed by atoms with Gasteiger partial charge >= 0.3 is 0 Å². The summed E-state index contributed by atoms with van der Waals surface area (Å²) in [6, 6.07) is 0. The maximum atomic E-state index is 11.2. The van der Waals surface area contributed by atoms with Crippen molar-refractivity contribution in [3.8, 4) is 12.3 Å². The van der Waals surface area contributed by atoms with Crippen LogP contribution in [0.15, 0.2) is 4.34 Å². The summed E-state index contributed by atoms with van der Waals surface area (Å²) in [5.74, 6) is 2.56. The highest BCUT2D eigenvalue weighted by atomic mass is 32.2. The van der Waals surface area contributed by atoms with Gasteiger partial charge in [-0.15, -0.1) is 16.6 Å². The Morgan fingerprint density at radius 2 is 2.38 bits per heavy atom. The highest BCUT2D eigenvalue weighted by molar-refractivity contribution is 8.01. The van der Waals surface area contributed by atoms with Crippen molar-refractivity contribution in [1.82, 2.24) is 15.5 Å². The zero-order valence-corrected chi connectivity index (χ0v) is 10.7. The molecule has 86 valence electrons. The van der Waals surface area contributed by atoms with Crippen molar-refractivity contribution < 1.29 is 4.79 Å². The second-order valence-electron chi connectivity index (χ2n) is 3.01. The lowest BCUT2D eigenvalue weighted by atomic mass is 10.6. The van der Waals surface area contributed by atoms with Gasteiger partial charge in [-0.05, 0) is 0 Å². The summed E-state index contributed by atoms with van der Waals surface area (Å²) in [6.07, 6.45) is 5.02. The van der Waals surface area contributed by atoms with Crippen LogP contribution in [0.2, 0.25) is 0 Å². The van der Waals surface area contributed by atoms with Gasteiger partial charge in [0.25, 0.3) is 0 Å². The van der Waals surface area contributed by atoms with Gasteiger partial charge in [0.1, 0.15) is 0 Å². The Morgan fingerprint density at radius 1 is 1.62 bits per heavy atom. The van der Waals surface area contributed by atoms with E-state index in [0.29, 0.717) is 5.75 Å². The minimum absolute atomic E-state index is 0.0930. The molecular formula is C9H12N4OS2. The van der Waals surface area contributed by atoms with E-state index in [4.69, 9.17) is 6.42 Å². The molecule has 0 aliphatic rings. The van der Waals surface area contributed by atoms with Crippen LogP contribution in [0.1, 0.15) is 0 Å². The molecule has 16 heavy (non-hydrogen) atoms. The Bertz CT molecular complexity index is 396. The van der Waals surface area contributed by atoms with Gasteiger partial charge in [0.05, 0.1) is 12.3 Å². The predicted octanol–water partition coefficient (Wildman–Crippen LogP) is 0.446.